The fraction of sp³-hybridized carbons (Fsp3) is 0. The first-order valence-electron chi connectivity index (χ1n) is 5.67. The van der Waals surface area contributed by atoms with Crippen LogP contribution in [-0.4, -0.2) is 17.0 Å². The first-order chi connectivity index (χ1) is 9.49. The van der Waals surface area contributed by atoms with Gasteiger partial charge in [0.15, 0.2) is 0 Å². The molecule has 5 nitrogen and oxygen atoms in total. The predicted molar refractivity (Wildman–Crippen MR) is 77.2 cm³/mol. The Hall–Kier alpha value is -2.53. The number of nitrogens with one attached hydrogen (secondary N) is 1. The van der Waals surface area contributed by atoms with E-state index in [4.69, 9.17) is 22.4 Å². The van der Waals surface area contributed by atoms with Gasteiger partial charge in [-0.3, -0.25) is 4.79 Å². The average molecular weight is 291 g/mol. The summed E-state index contributed by atoms with van der Waals surface area (Å²) in [4.78, 5) is 23.0. The van der Waals surface area contributed by atoms with Crippen LogP contribution in [0.2, 0.25) is 5.02 Å². The first kappa shape index (κ1) is 13.9. The minimum Gasteiger partial charge on any atom is -0.478 e. The van der Waals surface area contributed by atoms with Crippen molar-refractivity contribution in [1.29, 1.82) is 0 Å². The predicted octanol–water partition coefficient (Wildman–Crippen LogP) is 2.87. The monoisotopic (exact) mass is 290 g/mol. The molecule has 0 spiro atoms. The van der Waals surface area contributed by atoms with Gasteiger partial charge in [0.25, 0.3) is 5.91 Å². The highest BCUT2D eigenvalue weighted by Gasteiger charge is 2.13. The van der Waals surface area contributed by atoms with Gasteiger partial charge in [-0.1, -0.05) is 23.7 Å². The summed E-state index contributed by atoms with van der Waals surface area (Å²) in [7, 11) is 0. The summed E-state index contributed by atoms with van der Waals surface area (Å²) in [5, 5.41) is 11.7. The van der Waals surface area contributed by atoms with Crippen molar-refractivity contribution >= 4 is 34.9 Å². The number of carbonyl (C=O) groups excluding carboxylic acids is 1. The number of hydrogen-bond acceptors (Lipinski definition) is 3. The summed E-state index contributed by atoms with van der Waals surface area (Å²) >= 11 is 5.76. The number of hydrogen-bond donors (Lipinski definition) is 3. The highest BCUT2D eigenvalue weighted by Crippen LogP contribution is 2.21. The van der Waals surface area contributed by atoms with Crippen LogP contribution in [0.5, 0.6) is 0 Å². The molecule has 0 saturated carbocycles. The third kappa shape index (κ3) is 2.89. The molecule has 2 aromatic rings. The molecule has 0 bridgehead atoms. The van der Waals surface area contributed by atoms with Crippen LogP contribution in [0.1, 0.15) is 20.7 Å². The van der Waals surface area contributed by atoms with Crippen LogP contribution in [-0.2, 0) is 0 Å². The van der Waals surface area contributed by atoms with Crippen molar-refractivity contribution in [2.75, 3.05) is 11.1 Å². The lowest BCUT2D eigenvalue weighted by Gasteiger charge is -2.08. The number of nitrogen functional groups attached to an aromatic ring is 1. The Kier molecular flexibility index (Phi) is 3.91. The summed E-state index contributed by atoms with van der Waals surface area (Å²) in [6.07, 6.45) is 0. The van der Waals surface area contributed by atoms with Crippen LogP contribution in [0.3, 0.4) is 0 Å². The zero-order valence-electron chi connectivity index (χ0n) is 10.3. The van der Waals surface area contributed by atoms with Gasteiger partial charge < -0.3 is 16.2 Å². The number of benzene rings is 2. The van der Waals surface area contributed by atoms with E-state index in [2.05, 4.69) is 5.32 Å². The maximum atomic E-state index is 12.0. The van der Waals surface area contributed by atoms with E-state index >= 15 is 0 Å². The van der Waals surface area contributed by atoms with Gasteiger partial charge in [0.2, 0.25) is 0 Å². The molecular formula is C14H11ClN2O3. The minimum atomic E-state index is -1.16. The Bertz CT molecular complexity index is 686. The van der Waals surface area contributed by atoms with Gasteiger partial charge >= 0.3 is 5.97 Å². The lowest BCUT2D eigenvalue weighted by atomic mass is 10.1. The number of rotatable bonds is 3. The van der Waals surface area contributed by atoms with Crippen molar-refractivity contribution in [3.8, 4) is 0 Å². The second kappa shape index (κ2) is 5.63. The molecule has 6 heteroatoms. The number of halogens is 1. The highest BCUT2D eigenvalue weighted by molar-refractivity contribution is 6.33. The summed E-state index contributed by atoms with van der Waals surface area (Å²) in [5.74, 6) is -1.58. The van der Waals surface area contributed by atoms with Crippen molar-refractivity contribution in [3.63, 3.8) is 0 Å². The Morgan fingerprint density at radius 3 is 2.45 bits per heavy atom. The van der Waals surface area contributed by atoms with Crippen molar-refractivity contribution in [2.24, 2.45) is 0 Å². The molecule has 4 N–H and O–H groups in total. The molecule has 0 aliphatic rings. The first-order valence-corrected chi connectivity index (χ1v) is 6.05. The molecule has 102 valence electrons. The molecule has 0 aromatic heterocycles. The number of anilines is 2. The van der Waals surface area contributed by atoms with E-state index in [1.807, 2.05) is 0 Å². The number of carboxylic acids is 1. The van der Waals surface area contributed by atoms with E-state index in [1.54, 1.807) is 24.3 Å². The topological polar surface area (TPSA) is 92.4 Å². The van der Waals surface area contributed by atoms with Crippen molar-refractivity contribution in [3.05, 3.63) is 58.6 Å². The molecule has 2 rings (SSSR count). The molecular weight excluding hydrogens is 280 g/mol. The maximum absolute atomic E-state index is 12.0. The largest absolute Gasteiger partial charge is 0.478 e. The van der Waals surface area contributed by atoms with Gasteiger partial charge in [-0.15, -0.1) is 0 Å². The summed E-state index contributed by atoms with van der Waals surface area (Å²) in [5.41, 5.74) is 6.62. The fourth-order valence-electron chi connectivity index (χ4n) is 1.67. The number of carboxylic acid groups (broad SMARTS) is 1. The van der Waals surface area contributed by atoms with Crippen molar-refractivity contribution in [1.82, 2.24) is 0 Å². The van der Waals surface area contributed by atoms with Crippen LogP contribution in [0.25, 0.3) is 0 Å². The lowest BCUT2D eigenvalue weighted by Crippen LogP contribution is -2.14. The van der Waals surface area contributed by atoms with Gasteiger partial charge in [-0.05, 0) is 30.3 Å². The number of carbonyl (C=O) groups is 2. The molecule has 2 aromatic carbocycles. The minimum absolute atomic E-state index is 0.0782. The molecule has 0 fully saturated rings. The van der Waals surface area contributed by atoms with Crippen LogP contribution in [0.4, 0.5) is 11.4 Å². The van der Waals surface area contributed by atoms with Gasteiger partial charge in [-0.25, -0.2) is 4.79 Å². The Balaban J connectivity index is 2.27. The normalized spacial score (nSPS) is 10.1. The smallest absolute Gasteiger partial charge is 0.337 e. The molecule has 0 unspecified atom stereocenters. The van der Waals surface area contributed by atoms with E-state index in [-0.39, 0.29) is 10.6 Å². The van der Waals surface area contributed by atoms with Gasteiger partial charge in [0.1, 0.15) is 0 Å². The quantitative estimate of drug-likeness (QED) is 0.758. The van der Waals surface area contributed by atoms with Gasteiger partial charge in [0, 0.05) is 11.4 Å². The molecule has 0 radical (unpaired) electrons. The van der Waals surface area contributed by atoms with E-state index < -0.39 is 11.9 Å². The molecule has 0 aliphatic heterocycles. The third-order valence-electron chi connectivity index (χ3n) is 2.66. The number of amides is 1. The average Bonchev–Trinajstić information content (AvgIpc) is 2.41. The van der Waals surface area contributed by atoms with Crippen molar-refractivity contribution in [2.45, 2.75) is 0 Å². The summed E-state index contributed by atoms with van der Waals surface area (Å²) < 4.78 is 0. The molecule has 0 heterocycles. The zero-order chi connectivity index (χ0) is 14.7. The molecule has 0 atom stereocenters. The van der Waals surface area contributed by atoms with Crippen LogP contribution in [0, 0.1) is 0 Å². The van der Waals surface area contributed by atoms with Gasteiger partial charge in [0.05, 0.1) is 16.1 Å². The summed E-state index contributed by atoms with van der Waals surface area (Å²) in [6.45, 7) is 0. The van der Waals surface area contributed by atoms with Crippen LogP contribution < -0.4 is 11.1 Å². The van der Waals surface area contributed by atoms with E-state index in [1.165, 1.54) is 18.2 Å². The second-order valence-electron chi connectivity index (χ2n) is 4.04. The maximum Gasteiger partial charge on any atom is 0.337 e. The van der Waals surface area contributed by atoms with Crippen LogP contribution >= 0.6 is 11.6 Å². The summed E-state index contributed by atoms with van der Waals surface area (Å²) in [6, 6.07) is 10.8. The Morgan fingerprint density at radius 2 is 1.80 bits per heavy atom. The molecule has 20 heavy (non-hydrogen) atoms. The number of para-hydroxylation sites is 1. The highest BCUT2D eigenvalue weighted by atomic mass is 35.5. The van der Waals surface area contributed by atoms with Crippen molar-refractivity contribution < 1.29 is 14.7 Å². The Morgan fingerprint density at radius 1 is 1.10 bits per heavy atom. The standard InChI is InChI=1S/C14H11ClN2O3/c15-11-6-5-8(7-10(11)14(19)20)17-13(18)9-3-1-2-4-12(9)16/h1-7H,16H2,(H,17,18)(H,19,20). The van der Waals surface area contributed by atoms with E-state index in [0.717, 1.165) is 0 Å². The van der Waals surface area contributed by atoms with E-state index in [0.29, 0.717) is 16.9 Å². The van der Waals surface area contributed by atoms with Crippen LogP contribution in [0.15, 0.2) is 42.5 Å². The zero-order valence-corrected chi connectivity index (χ0v) is 11.0. The number of aromatic carboxylic acids is 1. The number of nitrogens with two attached hydrogens (primary N) is 1. The second-order valence-corrected chi connectivity index (χ2v) is 4.45. The third-order valence-corrected chi connectivity index (χ3v) is 2.99. The Labute approximate surface area is 120 Å². The fourth-order valence-corrected chi connectivity index (χ4v) is 1.87. The SMILES string of the molecule is Nc1ccccc1C(=O)Nc1ccc(Cl)c(C(=O)O)c1. The molecule has 0 aliphatic carbocycles. The van der Waals surface area contributed by atoms with Gasteiger partial charge in [-0.2, -0.15) is 0 Å². The molecule has 1 amide bonds. The lowest BCUT2D eigenvalue weighted by molar-refractivity contribution is 0.0696. The molecule has 0 saturated heterocycles. The van der Waals surface area contributed by atoms with E-state index in [9.17, 15) is 9.59 Å².